The first-order chi connectivity index (χ1) is 14.7. The minimum atomic E-state index is 0.0412. The van der Waals surface area contributed by atoms with E-state index in [1.54, 1.807) is 6.92 Å². The van der Waals surface area contributed by atoms with Crippen LogP contribution in [0.1, 0.15) is 71.3 Å². The van der Waals surface area contributed by atoms with Crippen LogP contribution < -0.4 is 0 Å². The number of benzene rings is 1. The Morgan fingerprint density at radius 3 is 2.61 bits per heavy atom. The van der Waals surface area contributed by atoms with E-state index < -0.39 is 0 Å². The molecule has 0 heterocycles. The molecule has 5 rings (SSSR count). The van der Waals surface area contributed by atoms with Gasteiger partial charge in [0.25, 0.3) is 0 Å². The monoisotopic (exact) mass is 436 g/mol. The molecular formula is C28H33ClO2. The van der Waals surface area contributed by atoms with E-state index in [2.05, 4.69) is 13.8 Å². The summed E-state index contributed by atoms with van der Waals surface area (Å²) in [6.45, 7) is 6.60. The van der Waals surface area contributed by atoms with Crippen LogP contribution in [0.3, 0.4) is 0 Å². The molecule has 2 nitrogen and oxygen atoms in total. The lowest BCUT2D eigenvalue weighted by atomic mass is 9.46. The number of hydrogen-bond acceptors (Lipinski definition) is 2. The molecule has 3 saturated carbocycles. The molecule has 0 spiro atoms. The molecule has 164 valence electrons. The highest BCUT2D eigenvalue weighted by molar-refractivity contribution is 6.32. The summed E-state index contributed by atoms with van der Waals surface area (Å²) in [6.07, 6.45) is 11.5. The molecule has 0 N–H and O–H groups in total. The van der Waals surface area contributed by atoms with Crippen LogP contribution in [0.25, 0.3) is 6.08 Å². The Kier molecular flexibility index (Phi) is 5.09. The second-order valence-corrected chi connectivity index (χ2v) is 11.4. The number of carbonyl (C=O) groups excluding carboxylic acids is 2. The zero-order chi connectivity index (χ0) is 22.0. The molecule has 6 atom stereocenters. The van der Waals surface area contributed by atoms with Gasteiger partial charge in [-0.3, -0.25) is 9.59 Å². The van der Waals surface area contributed by atoms with Crippen LogP contribution in [0, 0.1) is 34.5 Å². The topological polar surface area (TPSA) is 34.1 Å². The van der Waals surface area contributed by atoms with E-state index in [0.29, 0.717) is 28.6 Å². The van der Waals surface area contributed by atoms with Crippen molar-refractivity contribution in [3.8, 4) is 0 Å². The number of rotatable bonds is 2. The number of fused-ring (bicyclic) bond motifs is 5. The van der Waals surface area contributed by atoms with E-state index in [4.69, 9.17) is 11.6 Å². The normalized spacial score (nSPS) is 40.7. The number of carbonyl (C=O) groups is 2. The van der Waals surface area contributed by atoms with Crippen LogP contribution in [0.5, 0.6) is 0 Å². The zero-order valence-electron chi connectivity index (χ0n) is 18.9. The minimum absolute atomic E-state index is 0.0412. The molecule has 0 bridgehead atoms. The van der Waals surface area contributed by atoms with Crippen molar-refractivity contribution in [1.82, 2.24) is 0 Å². The van der Waals surface area contributed by atoms with E-state index in [0.717, 1.165) is 36.8 Å². The van der Waals surface area contributed by atoms with Gasteiger partial charge in [0, 0.05) is 16.5 Å². The van der Waals surface area contributed by atoms with Gasteiger partial charge in [0.05, 0.1) is 0 Å². The second kappa shape index (κ2) is 7.44. The SMILES string of the molecule is CC(=O)[C@H]1CC[C@H]2[C@@H]3CCC4=CC(=O)C(=Cc5ccccc5Cl)C[C@]4(C)[C@H]3CC[C@]12C. The highest BCUT2D eigenvalue weighted by atomic mass is 35.5. The lowest BCUT2D eigenvalue weighted by Gasteiger charge is -2.58. The highest BCUT2D eigenvalue weighted by Gasteiger charge is 2.59. The standard InChI is InChI=1S/C28H33ClO2/c1-17(30)22-10-11-23-21-9-8-20-15-26(31)19(14-18-6-4-5-7-25(18)29)16-28(20,3)24(21)12-13-27(22,23)2/h4-7,14-15,21-24H,8-13,16H2,1-3H3/t21-,22+,23-,24-,27+,28-/m0/s1. The van der Waals surface area contributed by atoms with Crippen molar-refractivity contribution in [3.05, 3.63) is 52.1 Å². The fourth-order valence-corrected chi connectivity index (χ4v) is 8.30. The molecule has 1 aromatic rings. The predicted molar refractivity (Wildman–Crippen MR) is 126 cm³/mol. The summed E-state index contributed by atoms with van der Waals surface area (Å²) in [5, 5.41) is 0.693. The molecule has 4 aliphatic rings. The van der Waals surface area contributed by atoms with Crippen LogP contribution in [0.15, 0.2) is 41.5 Å². The quantitative estimate of drug-likeness (QED) is 0.464. The van der Waals surface area contributed by atoms with Crippen molar-refractivity contribution in [2.75, 3.05) is 0 Å². The summed E-state index contributed by atoms with van der Waals surface area (Å²) in [4.78, 5) is 25.4. The molecule has 0 radical (unpaired) electrons. The summed E-state index contributed by atoms with van der Waals surface area (Å²) >= 11 is 6.39. The summed E-state index contributed by atoms with van der Waals surface area (Å²) in [7, 11) is 0. The van der Waals surface area contributed by atoms with Crippen LogP contribution in [0.4, 0.5) is 0 Å². The molecule has 1 aromatic carbocycles. The van der Waals surface area contributed by atoms with Gasteiger partial charge in [-0.1, -0.05) is 49.2 Å². The first-order valence-electron chi connectivity index (χ1n) is 11.9. The van der Waals surface area contributed by atoms with Gasteiger partial charge in [0.2, 0.25) is 0 Å². The number of hydrogen-bond donors (Lipinski definition) is 0. The maximum atomic E-state index is 13.0. The molecule has 0 unspecified atom stereocenters. The van der Waals surface area contributed by atoms with Gasteiger partial charge in [-0.25, -0.2) is 0 Å². The van der Waals surface area contributed by atoms with E-state index in [1.165, 1.54) is 24.8 Å². The molecular weight excluding hydrogens is 404 g/mol. The van der Waals surface area contributed by atoms with Crippen LogP contribution >= 0.6 is 11.6 Å². The number of halogens is 1. The average molecular weight is 437 g/mol. The number of allylic oxidation sites excluding steroid dienone is 2. The number of ketones is 2. The Balaban J connectivity index is 1.49. The molecule has 0 aromatic heterocycles. The van der Waals surface area contributed by atoms with Crippen molar-refractivity contribution in [2.24, 2.45) is 34.5 Å². The fourth-order valence-electron chi connectivity index (χ4n) is 8.11. The van der Waals surface area contributed by atoms with Crippen molar-refractivity contribution in [1.29, 1.82) is 0 Å². The second-order valence-electron chi connectivity index (χ2n) is 11.0. The summed E-state index contributed by atoms with van der Waals surface area (Å²) in [6, 6.07) is 7.76. The lowest BCUT2D eigenvalue weighted by Crippen LogP contribution is -2.51. The summed E-state index contributed by atoms with van der Waals surface area (Å²) < 4.78 is 0. The van der Waals surface area contributed by atoms with Crippen LogP contribution in [0.2, 0.25) is 5.02 Å². The Bertz CT molecular complexity index is 1000. The van der Waals surface area contributed by atoms with Crippen LogP contribution in [-0.4, -0.2) is 11.6 Å². The molecule has 31 heavy (non-hydrogen) atoms. The molecule has 3 heteroatoms. The Morgan fingerprint density at radius 2 is 1.87 bits per heavy atom. The van der Waals surface area contributed by atoms with E-state index in [1.807, 2.05) is 36.4 Å². The van der Waals surface area contributed by atoms with Gasteiger partial charge in [-0.2, -0.15) is 0 Å². The first kappa shape index (κ1) is 21.2. The predicted octanol–water partition coefficient (Wildman–Crippen LogP) is 7.07. The maximum absolute atomic E-state index is 13.0. The van der Waals surface area contributed by atoms with E-state index in [-0.39, 0.29) is 22.5 Å². The van der Waals surface area contributed by atoms with E-state index >= 15 is 0 Å². The molecule has 0 saturated heterocycles. The first-order valence-corrected chi connectivity index (χ1v) is 12.3. The molecule has 0 amide bonds. The lowest BCUT2D eigenvalue weighted by molar-refractivity contribution is -0.128. The number of Topliss-reactive ketones (excluding diaryl/α,β-unsaturated/α-hetero) is 1. The van der Waals surface area contributed by atoms with Gasteiger partial charge >= 0.3 is 0 Å². The fraction of sp³-hybridized carbons (Fsp3) is 0.571. The maximum Gasteiger partial charge on any atom is 0.181 e. The Labute approximate surface area is 191 Å². The van der Waals surface area contributed by atoms with Crippen molar-refractivity contribution < 1.29 is 9.59 Å². The molecule has 3 fully saturated rings. The Morgan fingerprint density at radius 1 is 1.10 bits per heavy atom. The van der Waals surface area contributed by atoms with E-state index in [9.17, 15) is 9.59 Å². The molecule has 0 aliphatic heterocycles. The summed E-state index contributed by atoms with van der Waals surface area (Å²) in [5.74, 6) is 2.70. The van der Waals surface area contributed by atoms with Gasteiger partial charge in [-0.15, -0.1) is 0 Å². The van der Waals surface area contributed by atoms with Crippen molar-refractivity contribution in [3.63, 3.8) is 0 Å². The minimum Gasteiger partial charge on any atom is -0.300 e. The third-order valence-corrected chi connectivity index (χ3v) is 9.99. The largest absolute Gasteiger partial charge is 0.300 e. The van der Waals surface area contributed by atoms with Crippen molar-refractivity contribution >= 4 is 29.2 Å². The smallest absolute Gasteiger partial charge is 0.181 e. The Hall–Kier alpha value is -1.67. The highest BCUT2D eigenvalue weighted by Crippen LogP contribution is 2.67. The van der Waals surface area contributed by atoms with Crippen molar-refractivity contribution in [2.45, 2.75) is 65.7 Å². The van der Waals surface area contributed by atoms with Gasteiger partial charge in [0.15, 0.2) is 5.78 Å². The van der Waals surface area contributed by atoms with Gasteiger partial charge in [0.1, 0.15) is 5.78 Å². The third-order valence-electron chi connectivity index (χ3n) is 9.64. The van der Waals surface area contributed by atoms with Gasteiger partial charge < -0.3 is 0 Å². The molecule has 4 aliphatic carbocycles. The van der Waals surface area contributed by atoms with Gasteiger partial charge in [-0.05, 0) is 104 Å². The third kappa shape index (κ3) is 3.20. The zero-order valence-corrected chi connectivity index (χ0v) is 19.7. The average Bonchev–Trinajstić information content (AvgIpc) is 3.08. The summed E-state index contributed by atoms with van der Waals surface area (Å²) in [5.41, 5.74) is 3.39. The van der Waals surface area contributed by atoms with Crippen LogP contribution in [-0.2, 0) is 9.59 Å².